The number of halogens is 1. The lowest BCUT2D eigenvalue weighted by molar-refractivity contribution is -0.129. The summed E-state index contributed by atoms with van der Waals surface area (Å²) in [6, 6.07) is 5.50. The highest BCUT2D eigenvalue weighted by Gasteiger charge is 2.20. The van der Waals surface area contributed by atoms with Crippen LogP contribution in [0.1, 0.15) is 6.92 Å². The molecule has 2 rings (SSSR count). The minimum absolute atomic E-state index is 0.116. The second kappa shape index (κ2) is 6.15. The fourth-order valence-corrected chi connectivity index (χ4v) is 2.47. The van der Waals surface area contributed by atoms with Gasteiger partial charge in [0.2, 0.25) is 5.91 Å². The predicted molar refractivity (Wildman–Crippen MR) is 80.6 cm³/mol. The van der Waals surface area contributed by atoms with Crippen molar-refractivity contribution in [3.8, 4) is 0 Å². The van der Waals surface area contributed by atoms with Crippen molar-refractivity contribution in [1.29, 1.82) is 0 Å². The average Bonchev–Trinajstić information content (AvgIpc) is 2.41. The van der Waals surface area contributed by atoms with Crippen LogP contribution in [0.5, 0.6) is 0 Å². The molecule has 19 heavy (non-hydrogen) atoms. The van der Waals surface area contributed by atoms with E-state index in [9.17, 15) is 4.79 Å². The van der Waals surface area contributed by atoms with E-state index < -0.39 is 0 Å². The van der Waals surface area contributed by atoms with Gasteiger partial charge in [0.05, 0.1) is 21.6 Å². The SMILES string of the molecule is CC(=O)N1CCN(c2cc(N=C=S)ccc2Cl)CC1. The van der Waals surface area contributed by atoms with Gasteiger partial charge in [-0.05, 0) is 30.4 Å². The van der Waals surface area contributed by atoms with Gasteiger partial charge in [0.15, 0.2) is 0 Å². The highest BCUT2D eigenvalue weighted by atomic mass is 35.5. The quantitative estimate of drug-likeness (QED) is 0.622. The van der Waals surface area contributed by atoms with Crippen LogP contribution in [0, 0.1) is 0 Å². The minimum Gasteiger partial charge on any atom is -0.367 e. The van der Waals surface area contributed by atoms with E-state index in [4.69, 9.17) is 11.6 Å². The molecule has 1 aromatic rings. The van der Waals surface area contributed by atoms with Gasteiger partial charge in [-0.3, -0.25) is 4.79 Å². The number of rotatable bonds is 2. The third-order valence-corrected chi connectivity index (χ3v) is 3.58. The van der Waals surface area contributed by atoms with Crippen molar-refractivity contribution >= 4 is 46.3 Å². The number of hydrogen-bond donors (Lipinski definition) is 0. The summed E-state index contributed by atoms with van der Waals surface area (Å²) in [6.07, 6.45) is 0. The fraction of sp³-hybridized carbons (Fsp3) is 0.385. The summed E-state index contributed by atoms with van der Waals surface area (Å²) in [5.41, 5.74) is 1.67. The van der Waals surface area contributed by atoms with E-state index in [1.165, 1.54) is 0 Å². The Kier molecular flexibility index (Phi) is 4.53. The Bertz CT molecular complexity index is 535. The first-order valence-electron chi connectivity index (χ1n) is 5.99. The molecule has 1 aromatic carbocycles. The molecular formula is C13H14ClN3OS. The number of nitrogens with zero attached hydrogens (tertiary/aromatic N) is 3. The van der Waals surface area contributed by atoms with E-state index in [0.717, 1.165) is 24.5 Å². The smallest absolute Gasteiger partial charge is 0.219 e. The van der Waals surface area contributed by atoms with Crippen LogP contribution >= 0.6 is 23.8 Å². The summed E-state index contributed by atoms with van der Waals surface area (Å²) in [7, 11) is 0. The van der Waals surface area contributed by atoms with Crippen molar-refractivity contribution in [2.75, 3.05) is 31.1 Å². The maximum Gasteiger partial charge on any atom is 0.219 e. The Labute approximate surface area is 122 Å². The molecular weight excluding hydrogens is 282 g/mol. The molecule has 0 bridgehead atoms. The van der Waals surface area contributed by atoms with E-state index in [2.05, 4.69) is 27.3 Å². The van der Waals surface area contributed by atoms with Gasteiger partial charge >= 0.3 is 0 Å². The number of hydrogen-bond acceptors (Lipinski definition) is 4. The predicted octanol–water partition coefficient (Wildman–Crippen LogP) is 2.74. The van der Waals surface area contributed by atoms with Gasteiger partial charge in [0.1, 0.15) is 0 Å². The molecule has 1 heterocycles. The molecule has 1 aliphatic rings. The summed E-state index contributed by atoms with van der Waals surface area (Å²) in [6.45, 7) is 4.56. The van der Waals surface area contributed by atoms with E-state index in [1.807, 2.05) is 11.0 Å². The van der Waals surface area contributed by atoms with Crippen LogP contribution in [0.25, 0.3) is 0 Å². The van der Waals surface area contributed by atoms with Crippen molar-refractivity contribution in [2.45, 2.75) is 6.92 Å². The first kappa shape index (κ1) is 14.0. The number of isothiocyanates is 1. The monoisotopic (exact) mass is 295 g/mol. The highest BCUT2D eigenvalue weighted by Crippen LogP contribution is 2.30. The van der Waals surface area contributed by atoms with Crippen molar-refractivity contribution in [3.05, 3.63) is 23.2 Å². The summed E-state index contributed by atoms with van der Waals surface area (Å²) < 4.78 is 0. The lowest BCUT2D eigenvalue weighted by atomic mass is 10.2. The van der Waals surface area contributed by atoms with E-state index in [1.54, 1.807) is 19.1 Å². The molecule has 100 valence electrons. The van der Waals surface area contributed by atoms with Crippen molar-refractivity contribution in [3.63, 3.8) is 0 Å². The minimum atomic E-state index is 0.116. The Balaban J connectivity index is 2.16. The second-order valence-corrected chi connectivity index (χ2v) is 4.92. The number of amides is 1. The number of piperazine rings is 1. The molecule has 0 aromatic heterocycles. The first-order chi connectivity index (χ1) is 9.11. The van der Waals surface area contributed by atoms with Crippen LogP contribution in [0.2, 0.25) is 5.02 Å². The zero-order chi connectivity index (χ0) is 13.8. The topological polar surface area (TPSA) is 35.9 Å². The molecule has 1 aliphatic heterocycles. The number of anilines is 1. The summed E-state index contributed by atoms with van der Waals surface area (Å²) in [4.78, 5) is 19.2. The summed E-state index contributed by atoms with van der Waals surface area (Å²) >= 11 is 10.8. The van der Waals surface area contributed by atoms with Crippen LogP contribution in [0.4, 0.5) is 11.4 Å². The van der Waals surface area contributed by atoms with Gasteiger partial charge in [-0.1, -0.05) is 11.6 Å². The Hall–Kier alpha value is -1.42. The van der Waals surface area contributed by atoms with E-state index in [0.29, 0.717) is 18.1 Å². The Morgan fingerprint density at radius 3 is 2.63 bits per heavy atom. The zero-order valence-corrected chi connectivity index (χ0v) is 12.2. The molecule has 6 heteroatoms. The number of thiocarbonyl (C=S) groups is 1. The van der Waals surface area contributed by atoms with E-state index >= 15 is 0 Å². The molecule has 1 saturated heterocycles. The molecule has 0 spiro atoms. The third-order valence-electron chi connectivity index (χ3n) is 3.17. The Morgan fingerprint density at radius 1 is 1.37 bits per heavy atom. The van der Waals surface area contributed by atoms with Crippen LogP contribution < -0.4 is 4.90 Å². The van der Waals surface area contributed by atoms with E-state index in [-0.39, 0.29) is 5.91 Å². The number of carbonyl (C=O) groups excluding carboxylic acids is 1. The lowest BCUT2D eigenvalue weighted by Crippen LogP contribution is -2.48. The Morgan fingerprint density at radius 2 is 2.05 bits per heavy atom. The molecule has 0 radical (unpaired) electrons. The second-order valence-electron chi connectivity index (χ2n) is 4.33. The standard InChI is InChI=1S/C13H14ClN3OS/c1-10(18)16-4-6-17(7-5-16)13-8-11(15-9-19)2-3-12(13)14/h2-3,8H,4-7H2,1H3. The van der Waals surface area contributed by atoms with Crippen LogP contribution in [-0.2, 0) is 4.79 Å². The summed E-state index contributed by atoms with van der Waals surface area (Å²) in [5, 5.41) is 3.03. The number of carbonyl (C=O) groups is 1. The molecule has 0 unspecified atom stereocenters. The molecule has 0 saturated carbocycles. The molecule has 1 fully saturated rings. The maximum atomic E-state index is 11.3. The molecule has 1 amide bonds. The lowest BCUT2D eigenvalue weighted by Gasteiger charge is -2.36. The number of aliphatic imine (C=N–C) groups is 1. The van der Waals surface area contributed by atoms with Gasteiger partial charge in [0.25, 0.3) is 0 Å². The summed E-state index contributed by atoms with van der Waals surface area (Å²) in [5.74, 6) is 0.116. The fourth-order valence-electron chi connectivity index (χ4n) is 2.13. The third kappa shape index (κ3) is 3.32. The maximum absolute atomic E-state index is 11.3. The average molecular weight is 296 g/mol. The van der Waals surface area contributed by atoms with Crippen molar-refractivity contribution in [1.82, 2.24) is 4.90 Å². The highest BCUT2D eigenvalue weighted by molar-refractivity contribution is 7.78. The molecule has 0 aliphatic carbocycles. The van der Waals surface area contributed by atoms with Gasteiger partial charge in [-0.2, -0.15) is 4.99 Å². The van der Waals surface area contributed by atoms with Crippen LogP contribution in [-0.4, -0.2) is 42.1 Å². The first-order valence-corrected chi connectivity index (χ1v) is 6.78. The van der Waals surface area contributed by atoms with Gasteiger partial charge < -0.3 is 9.80 Å². The van der Waals surface area contributed by atoms with Gasteiger partial charge in [-0.25, -0.2) is 0 Å². The number of benzene rings is 1. The van der Waals surface area contributed by atoms with Crippen LogP contribution in [0.3, 0.4) is 0 Å². The van der Waals surface area contributed by atoms with Gasteiger partial charge in [0, 0.05) is 33.1 Å². The van der Waals surface area contributed by atoms with Crippen LogP contribution in [0.15, 0.2) is 23.2 Å². The van der Waals surface area contributed by atoms with Crippen molar-refractivity contribution in [2.24, 2.45) is 4.99 Å². The molecule has 4 nitrogen and oxygen atoms in total. The molecule has 0 atom stereocenters. The zero-order valence-electron chi connectivity index (χ0n) is 10.6. The molecule has 0 N–H and O–H groups in total. The normalized spacial score (nSPS) is 15.1. The largest absolute Gasteiger partial charge is 0.367 e. The van der Waals surface area contributed by atoms with Gasteiger partial charge in [-0.15, -0.1) is 0 Å². The van der Waals surface area contributed by atoms with Crippen molar-refractivity contribution < 1.29 is 4.79 Å².